The smallest absolute Gasteiger partial charge is 0.306 e. The first-order valence-electron chi connectivity index (χ1n) is 16.4. The minimum atomic E-state index is -0.643. The highest BCUT2D eigenvalue weighted by Gasteiger charge is 2.20. The monoisotopic (exact) mass is 587 g/mol. The van der Waals surface area contributed by atoms with Crippen LogP contribution >= 0.6 is 0 Å². The second-order valence-electron chi connectivity index (χ2n) is 12.3. The number of unbranched alkanes of at least 4 members (excludes halogenated alkanes) is 1. The molecule has 0 bridgehead atoms. The zero-order valence-electron chi connectivity index (χ0n) is 28.7. The predicted octanol–water partition coefficient (Wildman–Crippen LogP) is 10.7. The Hall–Kier alpha value is -2.98. The summed E-state index contributed by atoms with van der Waals surface area (Å²) in [5.41, 5.74) is 14.3. The maximum Gasteiger partial charge on any atom is 0.306 e. The molecule has 43 heavy (non-hydrogen) atoms. The fourth-order valence-electron chi connectivity index (χ4n) is 5.69. The van der Waals surface area contributed by atoms with Gasteiger partial charge >= 0.3 is 5.97 Å². The van der Waals surface area contributed by atoms with Crippen molar-refractivity contribution < 1.29 is 14.6 Å². The van der Waals surface area contributed by atoms with E-state index in [9.17, 15) is 4.79 Å². The van der Waals surface area contributed by atoms with Gasteiger partial charge in [0.15, 0.2) is 0 Å². The molecular weight excluding hydrogens is 530 g/mol. The summed E-state index contributed by atoms with van der Waals surface area (Å²) in [4.78, 5) is 15.7. The molecule has 4 heteroatoms. The van der Waals surface area contributed by atoms with Crippen LogP contribution in [0.5, 0.6) is 0 Å². The van der Waals surface area contributed by atoms with Crippen LogP contribution < -0.4 is 0 Å². The van der Waals surface area contributed by atoms with Crippen molar-refractivity contribution in [1.82, 2.24) is 0 Å². The van der Waals surface area contributed by atoms with Crippen molar-refractivity contribution in [2.24, 2.45) is 10.9 Å². The van der Waals surface area contributed by atoms with Gasteiger partial charge in [0, 0.05) is 11.3 Å². The topological polar surface area (TPSA) is 58.9 Å². The van der Waals surface area contributed by atoms with Crippen molar-refractivity contribution in [2.45, 2.75) is 127 Å². The zero-order chi connectivity index (χ0) is 32.1. The summed E-state index contributed by atoms with van der Waals surface area (Å²) >= 11 is 0. The highest BCUT2D eigenvalue weighted by Crippen LogP contribution is 2.34. The van der Waals surface area contributed by atoms with Crippen LogP contribution in [0, 0.1) is 12.8 Å². The van der Waals surface area contributed by atoms with Gasteiger partial charge in [-0.2, -0.15) is 0 Å². The third kappa shape index (κ3) is 10.3. The molecule has 0 fully saturated rings. The number of benzene rings is 2. The highest BCUT2D eigenvalue weighted by atomic mass is 16.5. The summed E-state index contributed by atoms with van der Waals surface area (Å²) < 4.78 is 6.28. The molecule has 1 aliphatic heterocycles. The number of hydrogen-bond acceptors (Lipinski definition) is 3. The number of aliphatic carboxylic acids is 1. The molecule has 1 heterocycles. The van der Waals surface area contributed by atoms with Gasteiger partial charge in [0.05, 0.1) is 24.8 Å². The van der Waals surface area contributed by atoms with Crippen LogP contribution in [0.4, 0.5) is 0 Å². The average Bonchev–Trinajstić information content (AvgIpc) is 3.08. The predicted molar refractivity (Wildman–Crippen MR) is 184 cm³/mol. The van der Waals surface area contributed by atoms with Gasteiger partial charge in [-0.05, 0) is 105 Å². The lowest BCUT2D eigenvalue weighted by atomic mass is 9.92. The van der Waals surface area contributed by atoms with Crippen LogP contribution in [-0.2, 0) is 29.0 Å². The van der Waals surface area contributed by atoms with Crippen LogP contribution in [0.25, 0.3) is 5.70 Å². The summed E-state index contributed by atoms with van der Waals surface area (Å²) in [5, 5.41) is 8.60. The quantitative estimate of drug-likeness (QED) is 0.254. The normalized spacial score (nSPS) is 14.3. The summed E-state index contributed by atoms with van der Waals surface area (Å²) in [6, 6.07) is 13.4. The van der Waals surface area contributed by atoms with Crippen molar-refractivity contribution in [3.63, 3.8) is 0 Å². The van der Waals surface area contributed by atoms with Gasteiger partial charge < -0.3 is 9.84 Å². The molecule has 0 radical (unpaired) electrons. The zero-order valence-corrected chi connectivity index (χ0v) is 28.7. The van der Waals surface area contributed by atoms with Crippen LogP contribution in [0.3, 0.4) is 0 Å². The second-order valence-corrected chi connectivity index (χ2v) is 12.3. The number of nitrogens with zero attached hydrogens (tertiary/aromatic N) is 1. The summed E-state index contributed by atoms with van der Waals surface area (Å²) in [7, 11) is 0. The number of carboxylic acids is 1. The molecule has 0 saturated carbocycles. The highest BCUT2D eigenvalue weighted by molar-refractivity contribution is 6.03. The van der Waals surface area contributed by atoms with Gasteiger partial charge in [-0.1, -0.05) is 96.4 Å². The van der Waals surface area contributed by atoms with E-state index in [4.69, 9.17) is 14.8 Å². The van der Waals surface area contributed by atoms with E-state index in [1.807, 2.05) is 6.92 Å². The van der Waals surface area contributed by atoms with E-state index in [0.717, 1.165) is 56.4 Å². The molecule has 1 N–H and O–H groups in total. The fraction of sp³-hybridized carbons (Fsp3) is 0.538. The van der Waals surface area contributed by atoms with Gasteiger partial charge in [0.1, 0.15) is 0 Å². The number of rotatable bonds is 13. The van der Waals surface area contributed by atoms with Gasteiger partial charge in [-0.25, -0.2) is 0 Å². The largest absolute Gasteiger partial charge is 0.481 e. The van der Waals surface area contributed by atoms with Crippen molar-refractivity contribution >= 4 is 17.4 Å². The lowest BCUT2D eigenvalue weighted by Gasteiger charge is -2.16. The van der Waals surface area contributed by atoms with Crippen molar-refractivity contribution in [3.8, 4) is 0 Å². The molecule has 1 aliphatic rings. The molecule has 0 aromatic heterocycles. The first kappa shape index (κ1) is 36.2. The first-order chi connectivity index (χ1) is 20.5. The lowest BCUT2D eigenvalue weighted by Crippen LogP contribution is -2.11. The Balaban J connectivity index is 0.000000553. The number of carboxylic acid groups (broad SMARTS) is 1. The minimum absolute atomic E-state index is 0.111. The SMILES string of the molecule is CCCC[C@@H](CC)C(=O)O.CCc1cccc(CC)c1C1=C(C)CC(C)=C(COCc2cc(C(C)C)ccc2C)C(C)=N1. The van der Waals surface area contributed by atoms with E-state index < -0.39 is 5.97 Å². The van der Waals surface area contributed by atoms with Crippen molar-refractivity contribution in [3.05, 3.63) is 86.5 Å². The van der Waals surface area contributed by atoms with Crippen LogP contribution in [-0.4, -0.2) is 23.4 Å². The number of allylic oxidation sites excluding steroid dienone is 2. The Morgan fingerprint density at radius 1 is 0.907 bits per heavy atom. The molecule has 236 valence electrons. The minimum Gasteiger partial charge on any atom is -0.481 e. The van der Waals surface area contributed by atoms with Crippen LogP contribution in [0.1, 0.15) is 134 Å². The standard InChI is InChI=1S/C31H41NO.C8H16O2/c1-9-25-12-11-13-26(10-2)30(25)31-23(7)16-22(6)29(24(8)32-31)19-33-18-28-17-27(20(3)4)15-14-21(28)5;1-3-5-6-7(4-2)8(9)10/h11-15,17,20H,9-10,16,18-19H2,1-8H3;7H,3-6H2,1-2H3,(H,9,10)/t;7-/m.1/s1. The Kier molecular flexibility index (Phi) is 15.1. The maximum atomic E-state index is 10.4. The Labute approximate surface area is 262 Å². The average molecular weight is 588 g/mol. The second kappa shape index (κ2) is 18.0. The molecule has 2 aromatic rings. The third-order valence-corrected chi connectivity index (χ3v) is 8.69. The molecular formula is C39H57NO3. The molecule has 1 atom stereocenters. The fourth-order valence-corrected chi connectivity index (χ4v) is 5.69. The van der Waals surface area contributed by atoms with Gasteiger partial charge in [-0.15, -0.1) is 0 Å². The first-order valence-corrected chi connectivity index (χ1v) is 16.4. The Bertz CT molecular complexity index is 1290. The molecule has 0 spiro atoms. The summed E-state index contributed by atoms with van der Waals surface area (Å²) in [5.74, 6) is -0.229. The van der Waals surface area contributed by atoms with E-state index in [0.29, 0.717) is 19.1 Å². The lowest BCUT2D eigenvalue weighted by molar-refractivity contribution is -0.142. The van der Waals surface area contributed by atoms with E-state index in [-0.39, 0.29) is 5.92 Å². The molecule has 0 aliphatic carbocycles. The van der Waals surface area contributed by atoms with E-state index in [2.05, 4.69) is 98.7 Å². The number of hydrogen-bond donors (Lipinski definition) is 1. The maximum absolute atomic E-state index is 10.4. The number of aliphatic imine (C=N–C) groups is 1. The molecule has 2 aromatic carbocycles. The molecule has 0 amide bonds. The molecule has 4 nitrogen and oxygen atoms in total. The van der Waals surface area contributed by atoms with Crippen LogP contribution in [0.15, 0.2) is 58.1 Å². The van der Waals surface area contributed by atoms with Crippen molar-refractivity contribution in [1.29, 1.82) is 0 Å². The van der Waals surface area contributed by atoms with E-state index >= 15 is 0 Å². The number of aryl methyl sites for hydroxylation is 3. The Morgan fingerprint density at radius 2 is 1.56 bits per heavy atom. The van der Waals surface area contributed by atoms with E-state index in [1.54, 1.807) is 0 Å². The van der Waals surface area contributed by atoms with Crippen LogP contribution in [0.2, 0.25) is 0 Å². The number of ether oxygens (including phenoxy) is 1. The van der Waals surface area contributed by atoms with Gasteiger partial charge in [0.25, 0.3) is 0 Å². The van der Waals surface area contributed by atoms with E-state index in [1.165, 1.54) is 50.1 Å². The molecule has 3 rings (SSSR count). The molecule has 0 unspecified atom stereocenters. The third-order valence-electron chi connectivity index (χ3n) is 8.69. The van der Waals surface area contributed by atoms with Gasteiger partial charge in [-0.3, -0.25) is 9.79 Å². The number of carbonyl (C=O) groups is 1. The Morgan fingerprint density at radius 3 is 2.09 bits per heavy atom. The summed E-state index contributed by atoms with van der Waals surface area (Å²) in [6.07, 6.45) is 6.70. The molecule has 0 saturated heterocycles. The summed E-state index contributed by atoms with van der Waals surface area (Å²) in [6.45, 7) is 23.0. The van der Waals surface area contributed by atoms with Gasteiger partial charge in [0.2, 0.25) is 0 Å². The van der Waals surface area contributed by atoms with Crippen molar-refractivity contribution in [2.75, 3.05) is 6.61 Å².